The van der Waals surface area contributed by atoms with Crippen LogP contribution in [0, 0.1) is 0 Å². The largest absolute Gasteiger partial charge is 0.544 e. The number of carboxylic acids is 1. The highest BCUT2D eigenvalue weighted by Gasteiger charge is 1.98. The third-order valence-corrected chi connectivity index (χ3v) is 2.48. The van der Waals surface area contributed by atoms with Crippen LogP contribution in [0.5, 0.6) is 0 Å². The molecule has 0 aliphatic rings. The van der Waals surface area contributed by atoms with Gasteiger partial charge in [0, 0.05) is 4.88 Å². The van der Waals surface area contributed by atoms with Crippen molar-refractivity contribution in [1.82, 2.24) is 0 Å². The van der Waals surface area contributed by atoms with E-state index in [9.17, 15) is 9.90 Å². The van der Waals surface area contributed by atoms with Crippen LogP contribution >= 0.6 is 11.3 Å². The number of aromatic carboxylic acids is 1. The molecule has 0 bridgehead atoms. The zero-order valence-electron chi connectivity index (χ0n) is 6.29. The molecule has 0 radical (unpaired) electrons. The van der Waals surface area contributed by atoms with Gasteiger partial charge in [0.25, 0.3) is 0 Å². The van der Waals surface area contributed by atoms with Crippen molar-refractivity contribution < 1.29 is 9.90 Å². The van der Waals surface area contributed by atoms with Gasteiger partial charge in [-0.05, 0) is 18.6 Å². The molecule has 1 aromatic rings. The molecule has 0 amide bonds. The molecule has 0 spiro atoms. The molecule has 3 heteroatoms. The Morgan fingerprint density at radius 3 is 2.82 bits per heavy atom. The number of thiophene rings is 1. The van der Waals surface area contributed by atoms with E-state index in [-0.39, 0.29) is 0 Å². The van der Waals surface area contributed by atoms with Gasteiger partial charge in [0.1, 0.15) is 0 Å². The zero-order chi connectivity index (χ0) is 8.27. The van der Waals surface area contributed by atoms with Crippen LogP contribution in [0.3, 0.4) is 0 Å². The summed E-state index contributed by atoms with van der Waals surface area (Å²) in [6, 6.07) is 3.45. The van der Waals surface area contributed by atoms with Crippen molar-refractivity contribution in [1.29, 1.82) is 0 Å². The van der Waals surface area contributed by atoms with Crippen LogP contribution in [0.25, 0.3) is 0 Å². The first-order valence-electron chi connectivity index (χ1n) is 3.54. The van der Waals surface area contributed by atoms with E-state index in [0.717, 1.165) is 17.7 Å². The lowest BCUT2D eigenvalue weighted by Gasteiger charge is -1.93. The van der Waals surface area contributed by atoms with E-state index < -0.39 is 5.97 Å². The summed E-state index contributed by atoms with van der Waals surface area (Å²) in [4.78, 5) is 11.8. The second kappa shape index (κ2) is 3.53. The molecule has 0 N–H and O–H groups in total. The molecule has 2 nitrogen and oxygen atoms in total. The third kappa shape index (κ3) is 2.05. The van der Waals surface area contributed by atoms with Gasteiger partial charge < -0.3 is 9.90 Å². The fourth-order valence-corrected chi connectivity index (χ4v) is 1.81. The Morgan fingerprint density at radius 2 is 2.36 bits per heavy atom. The molecule has 1 heterocycles. The summed E-state index contributed by atoms with van der Waals surface area (Å²) < 4.78 is 0. The van der Waals surface area contributed by atoms with Crippen molar-refractivity contribution in [3.63, 3.8) is 0 Å². The predicted molar refractivity (Wildman–Crippen MR) is 42.6 cm³/mol. The fourth-order valence-electron chi connectivity index (χ4n) is 0.868. The third-order valence-electron chi connectivity index (χ3n) is 1.36. The maximum absolute atomic E-state index is 10.3. The molecular formula is C8H9O2S-. The SMILES string of the molecule is CCCc1ccc(C(=O)[O-])s1. The van der Waals surface area contributed by atoms with Crippen LogP contribution in [-0.2, 0) is 6.42 Å². The lowest BCUT2D eigenvalue weighted by atomic mass is 10.3. The van der Waals surface area contributed by atoms with Gasteiger partial charge in [0.15, 0.2) is 0 Å². The van der Waals surface area contributed by atoms with Crippen molar-refractivity contribution in [3.8, 4) is 0 Å². The van der Waals surface area contributed by atoms with E-state index in [0.29, 0.717) is 4.88 Å². The number of hydrogen-bond donors (Lipinski definition) is 0. The van der Waals surface area contributed by atoms with Crippen molar-refractivity contribution in [2.45, 2.75) is 19.8 Å². The average Bonchev–Trinajstić information content (AvgIpc) is 2.37. The van der Waals surface area contributed by atoms with E-state index >= 15 is 0 Å². The summed E-state index contributed by atoms with van der Waals surface area (Å²) in [6.07, 6.45) is 2.00. The quantitative estimate of drug-likeness (QED) is 0.679. The molecule has 0 aliphatic heterocycles. The van der Waals surface area contributed by atoms with Crippen molar-refractivity contribution in [2.24, 2.45) is 0 Å². The first-order valence-corrected chi connectivity index (χ1v) is 4.35. The number of aryl methyl sites for hydroxylation is 1. The van der Waals surface area contributed by atoms with E-state index in [1.807, 2.05) is 6.07 Å². The van der Waals surface area contributed by atoms with E-state index in [1.165, 1.54) is 11.3 Å². The Balaban J connectivity index is 2.73. The Hall–Kier alpha value is -0.830. The minimum Gasteiger partial charge on any atom is -0.544 e. The van der Waals surface area contributed by atoms with Crippen LogP contribution in [0.15, 0.2) is 12.1 Å². The van der Waals surface area contributed by atoms with Crippen LogP contribution in [0.2, 0.25) is 0 Å². The van der Waals surface area contributed by atoms with E-state index in [4.69, 9.17) is 0 Å². The Labute approximate surface area is 69.5 Å². The number of carbonyl (C=O) groups is 1. The molecule has 0 unspecified atom stereocenters. The number of carbonyl (C=O) groups excluding carboxylic acids is 1. The standard InChI is InChI=1S/C8H10O2S/c1-2-3-6-4-5-7(11-6)8(9)10/h4-5H,2-3H2,1H3,(H,9,10)/p-1. The Kier molecular flexibility index (Phi) is 2.65. The van der Waals surface area contributed by atoms with Crippen molar-refractivity contribution in [3.05, 3.63) is 21.9 Å². The normalized spacial score (nSPS) is 9.91. The summed E-state index contributed by atoms with van der Waals surface area (Å²) in [5.41, 5.74) is 0. The summed E-state index contributed by atoms with van der Waals surface area (Å²) >= 11 is 1.30. The first kappa shape index (κ1) is 8.27. The zero-order valence-corrected chi connectivity index (χ0v) is 7.11. The lowest BCUT2D eigenvalue weighted by Crippen LogP contribution is -2.20. The molecule has 60 valence electrons. The summed E-state index contributed by atoms with van der Waals surface area (Å²) in [6.45, 7) is 2.07. The lowest BCUT2D eigenvalue weighted by molar-refractivity contribution is -0.254. The fraction of sp³-hybridized carbons (Fsp3) is 0.375. The highest BCUT2D eigenvalue weighted by Crippen LogP contribution is 2.16. The maximum Gasteiger partial charge on any atom is 0.0815 e. The van der Waals surface area contributed by atoms with Gasteiger partial charge in [-0.15, -0.1) is 11.3 Å². The molecule has 0 aliphatic carbocycles. The molecule has 0 fully saturated rings. The molecular weight excluding hydrogens is 160 g/mol. The average molecular weight is 169 g/mol. The highest BCUT2D eigenvalue weighted by molar-refractivity contribution is 7.13. The van der Waals surface area contributed by atoms with Gasteiger partial charge in [-0.25, -0.2) is 0 Å². The number of hydrogen-bond acceptors (Lipinski definition) is 3. The summed E-state index contributed by atoms with van der Waals surface area (Å²) in [7, 11) is 0. The molecule has 0 saturated heterocycles. The molecule has 0 saturated carbocycles. The molecule has 0 aromatic carbocycles. The van der Waals surface area contributed by atoms with Gasteiger partial charge in [0.2, 0.25) is 0 Å². The van der Waals surface area contributed by atoms with Crippen LogP contribution in [-0.4, -0.2) is 5.97 Å². The van der Waals surface area contributed by atoms with Crippen LogP contribution in [0.1, 0.15) is 27.9 Å². The number of carboxylic acid groups (broad SMARTS) is 1. The first-order chi connectivity index (χ1) is 5.24. The minimum atomic E-state index is -1.07. The molecule has 11 heavy (non-hydrogen) atoms. The van der Waals surface area contributed by atoms with E-state index in [1.54, 1.807) is 6.07 Å². The van der Waals surface area contributed by atoms with Crippen LogP contribution < -0.4 is 5.11 Å². The second-order valence-corrected chi connectivity index (χ2v) is 3.47. The van der Waals surface area contributed by atoms with Crippen molar-refractivity contribution >= 4 is 17.3 Å². The van der Waals surface area contributed by atoms with Gasteiger partial charge in [-0.1, -0.05) is 13.3 Å². The summed E-state index contributed by atoms with van der Waals surface area (Å²) in [5, 5.41) is 10.3. The van der Waals surface area contributed by atoms with Gasteiger partial charge >= 0.3 is 0 Å². The molecule has 1 rings (SSSR count). The topological polar surface area (TPSA) is 40.1 Å². The van der Waals surface area contributed by atoms with Gasteiger partial charge in [0.05, 0.1) is 10.8 Å². The predicted octanol–water partition coefficient (Wildman–Crippen LogP) is 1.06. The monoisotopic (exact) mass is 169 g/mol. The molecule has 0 atom stereocenters. The van der Waals surface area contributed by atoms with Crippen molar-refractivity contribution in [2.75, 3.05) is 0 Å². The maximum atomic E-state index is 10.3. The molecule has 1 aromatic heterocycles. The van der Waals surface area contributed by atoms with Crippen LogP contribution in [0.4, 0.5) is 0 Å². The minimum absolute atomic E-state index is 0.327. The van der Waals surface area contributed by atoms with Gasteiger partial charge in [-0.3, -0.25) is 0 Å². The highest BCUT2D eigenvalue weighted by atomic mass is 32.1. The number of rotatable bonds is 3. The smallest absolute Gasteiger partial charge is 0.0815 e. The van der Waals surface area contributed by atoms with Gasteiger partial charge in [-0.2, -0.15) is 0 Å². The second-order valence-electron chi connectivity index (χ2n) is 2.30. The Bertz CT molecular complexity index is 252. The summed E-state index contributed by atoms with van der Waals surface area (Å²) in [5.74, 6) is -1.07. The van der Waals surface area contributed by atoms with E-state index in [2.05, 4.69) is 6.92 Å². The Morgan fingerprint density at radius 1 is 1.64 bits per heavy atom.